The number of benzene rings is 1. The van der Waals surface area contributed by atoms with Crippen molar-refractivity contribution in [2.75, 3.05) is 7.11 Å². The van der Waals surface area contributed by atoms with E-state index in [-0.39, 0.29) is 4.90 Å². The molecule has 0 amide bonds. The van der Waals surface area contributed by atoms with Crippen LogP contribution in [-0.2, 0) is 14.8 Å². The maximum Gasteiger partial charge on any atom is 0.339 e. The number of methoxy groups -OCH3 is 1. The lowest BCUT2D eigenvalue weighted by Crippen LogP contribution is -2.40. The van der Waals surface area contributed by atoms with Crippen LogP contribution >= 0.6 is 0 Å². The van der Waals surface area contributed by atoms with Gasteiger partial charge in [-0.2, -0.15) is 0 Å². The number of sulfonamides is 1. The van der Waals surface area contributed by atoms with Crippen LogP contribution in [0.25, 0.3) is 22.3 Å². The molecule has 0 atom stereocenters. The predicted octanol–water partition coefficient (Wildman–Crippen LogP) is 4.32. The van der Waals surface area contributed by atoms with Crippen molar-refractivity contribution in [2.45, 2.75) is 31.2 Å². The predicted molar refractivity (Wildman–Crippen MR) is 110 cm³/mol. The zero-order valence-electron chi connectivity index (χ0n) is 16.3. The summed E-state index contributed by atoms with van der Waals surface area (Å²) >= 11 is 0. The third-order valence-corrected chi connectivity index (χ3v) is 5.99. The van der Waals surface area contributed by atoms with Crippen LogP contribution in [0.15, 0.2) is 65.6 Å². The number of ether oxygens (including phenoxy) is 1. The summed E-state index contributed by atoms with van der Waals surface area (Å²) in [6, 6.07) is 17.9. The second-order valence-corrected chi connectivity index (χ2v) is 9.27. The minimum atomic E-state index is -3.62. The maximum atomic E-state index is 12.5. The number of rotatable bonds is 4. The van der Waals surface area contributed by atoms with E-state index in [4.69, 9.17) is 4.74 Å². The van der Waals surface area contributed by atoms with E-state index in [0.29, 0.717) is 11.1 Å². The summed E-state index contributed by atoms with van der Waals surface area (Å²) in [5.74, 6) is -0.428. The fourth-order valence-electron chi connectivity index (χ4n) is 3.11. The van der Waals surface area contributed by atoms with Crippen molar-refractivity contribution >= 4 is 16.0 Å². The fourth-order valence-corrected chi connectivity index (χ4v) is 4.53. The molecule has 2 aliphatic rings. The molecule has 0 aromatic heterocycles. The van der Waals surface area contributed by atoms with Crippen LogP contribution in [0, 0.1) is 0 Å². The van der Waals surface area contributed by atoms with Crippen LogP contribution in [0.4, 0.5) is 0 Å². The summed E-state index contributed by atoms with van der Waals surface area (Å²) in [6.07, 6.45) is 0. The van der Waals surface area contributed by atoms with Crippen molar-refractivity contribution in [2.24, 2.45) is 0 Å². The SMILES string of the molecule is COC(=O)c1c2cccccc-2cc1-c1ccc(S(=O)(=O)NC(C)(C)C)cc1. The number of nitrogens with one attached hydrogen (secondary N) is 1. The molecule has 0 unspecified atom stereocenters. The highest BCUT2D eigenvalue weighted by molar-refractivity contribution is 7.89. The van der Waals surface area contributed by atoms with Gasteiger partial charge in [-0.05, 0) is 61.2 Å². The fraction of sp³-hybridized carbons (Fsp3) is 0.227. The van der Waals surface area contributed by atoms with Gasteiger partial charge >= 0.3 is 5.97 Å². The largest absolute Gasteiger partial charge is 0.465 e. The van der Waals surface area contributed by atoms with Crippen LogP contribution < -0.4 is 4.72 Å². The molecule has 146 valence electrons. The molecule has 0 spiro atoms. The van der Waals surface area contributed by atoms with Gasteiger partial charge in [0.2, 0.25) is 10.0 Å². The molecule has 1 aromatic carbocycles. The van der Waals surface area contributed by atoms with E-state index in [1.165, 1.54) is 7.11 Å². The van der Waals surface area contributed by atoms with Crippen LogP contribution in [0.3, 0.4) is 0 Å². The Bertz CT molecular complexity index is 1080. The van der Waals surface area contributed by atoms with Crippen LogP contribution in [0.2, 0.25) is 0 Å². The molecule has 1 N–H and O–H groups in total. The van der Waals surface area contributed by atoms with Crippen LogP contribution in [-0.4, -0.2) is 27.0 Å². The third-order valence-electron chi connectivity index (χ3n) is 4.22. The Labute approximate surface area is 165 Å². The van der Waals surface area contributed by atoms with Crippen molar-refractivity contribution in [1.82, 2.24) is 4.72 Å². The number of carbonyl (C=O) groups excluding carboxylic acids is 1. The number of hydrogen-bond acceptors (Lipinski definition) is 4. The van der Waals surface area contributed by atoms with Gasteiger partial charge in [-0.1, -0.05) is 42.5 Å². The molecule has 0 aliphatic heterocycles. The Morgan fingerprint density at radius 2 is 1.54 bits per heavy atom. The van der Waals surface area contributed by atoms with Gasteiger partial charge in [0.05, 0.1) is 17.6 Å². The standard InChI is InChI=1S/C22H23NO4S/c1-22(2,3)23-28(25,26)17-12-10-15(11-13-17)19-14-16-8-6-5-7-9-18(16)20(19)21(24)27-4/h5-14,23H,1-4H3. The second kappa shape index (κ2) is 7.37. The third kappa shape index (κ3) is 4.08. The van der Waals surface area contributed by atoms with E-state index in [1.54, 1.807) is 45.0 Å². The zero-order chi connectivity index (χ0) is 20.5. The number of esters is 1. The summed E-state index contributed by atoms with van der Waals surface area (Å²) in [5.41, 5.74) is 3.05. The Hall–Kier alpha value is -2.70. The molecule has 1 aromatic rings. The number of hydrogen-bond donors (Lipinski definition) is 1. The van der Waals surface area contributed by atoms with E-state index < -0.39 is 21.5 Å². The van der Waals surface area contributed by atoms with Crippen molar-refractivity contribution in [3.8, 4) is 22.3 Å². The van der Waals surface area contributed by atoms with Gasteiger partial charge in [0, 0.05) is 5.54 Å². The summed E-state index contributed by atoms with van der Waals surface area (Å²) in [5, 5.41) is 0. The number of carbonyl (C=O) groups is 1. The van der Waals surface area contributed by atoms with E-state index in [1.807, 2.05) is 36.4 Å². The van der Waals surface area contributed by atoms with Gasteiger partial charge < -0.3 is 4.74 Å². The monoisotopic (exact) mass is 397 g/mol. The first kappa shape index (κ1) is 20.0. The Kier molecular flexibility index (Phi) is 5.28. The molecule has 28 heavy (non-hydrogen) atoms. The van der Waals surface area contributed by atoms with Gasteiger partial charge in [0.15, 0.2) is 0 Å². The molecule has 3 rings (SSSR count). The lowest BCUT2D eigenvalue weighted by atomic mass is 10.0. The molecule has 0 bridgehead atoms. The molecule has 0 saturated carbocycles. The van der Waals surface area contributed by atoms with Gasteiger partial charge in [0.1, 0.15) is 0 Å². The van der Waals surface area contributed by atoms with Crippen molar-refractivity contribution in [1.29, 1.82) is 0 Å². The summed E-state index contributed by atoms with van der Waals surface area (Å²) in [4.78, 5) is 12.6. The van der Waals surface area contributed by atoms with Gasteiger partial charge in [-0.3, -0.25) is 0 Å². The van der Waals surface area contributed by atoms with Crippen LogP contribution in [0.5, 0.6) is 0 Å². The average Bonchev–Trinajstić information content (AvgIpc) is 2.82. The van der Waals surface area contributed by atoms with Gasteiger partial charge in [-0.15, -0.1) is 0 Å². The van der Waals surface area contributed by atoms with Gasteiger partial charge in [0.25, 0.3) is 0 Å². The van der Waals surface area contributed by atoms with E-state index >= 15 is 0 Å². The Balaban J connectivity index is 2.09. The maximum absolute atomic E-state index is 12.5. The minimum Gasteiger partial charge on any atom is -0.465 e. The molecular weight excluding hydrogens is 374 g/mol. The van der Waals surface area contributed by atoms with Crippen molar-refractivity contribution < 1.29 is 17.9 Å². The molecular formula is C22H23NO4S. The lowest BCUT2D eigenvalue weighted by Gasteiger charge is -2.20. The summed E-state index contributed by atoms with van der Waals surface area (Å²) < 4.78 is 32.6. The average molecular weight is 397 g/mol. The molecule has 5 nitrogen and oxygen atoms in total. The van der Waals surface area contributed by atoms with Crippen molar-refractivity contribution in [3.05, 3.63) is 66.2 Å². The van der Waals surface area contributed by atoms with Crippen LogP contribution in [0.1, 0.15) is 31.1 Å². The highest BCUT2D eigenvalue weighted by Crippen LogP contribution is 2.38. The molecule has 0 heterocycles. The van der Waals surface area contributed by atoms with E-state index in [0.717, 1.165) is 16.7 Å². The highest BCUT2D eigenvalue weighted by Gasteiger charge is 2.24. The first-order valence-electron chi connectivity index (χ1n) is 8.87. The summed E-state index contributed by atoms with van der Waals surface area (Å²) in [7, 11) is -2.27. The quantitative estimate of drug-likeness (QED) is 0.666. The Morgan fingerprint density at radius 3 is 2.14 bits per heavy atom. The number of fused-ring (bicyclic) bond motifs is 1. The second-order valence-electron chi connectivity index (χ2n) is 7.58. The van der Waals surface area contributed by atoms with E-state index in [2.05, 4.69) is 4.72 Å². The normalized spacial score (nSPS) is 12.1. The smallest absolute Gasteiger partial charge is 0.339 e. The summed E-state index contributed by atoms with van der Waals surface area (Å²) in [6.45, 7) is 5.37. The molecule has 6 heteroatoms. The first-order chi connectivity index (χ1) is 13.1. The minimum absolute atomic E-state index is 0.174. The molecule has 2 aliphatic carbocycles. The van der Waals surface area contributed by atoms with Gasteiger partial charge in [-0.25, -0.2) is 17.9 Å². The molecule has 0 fully saturated rings. The Morgan fingerprint density at radius 1 is 0.893 bits per heavy atom. The van der Waals surface area contributed by atoms with E-state index in [9.17, 15) is 13.2 Å². The highest BCUT2D eigenvalue weighted by atomic mass is 32.2. The lowest BCUT2D eigenvalue weighted by molar-refractivity contribution is 0.0603. The zero-order valence-corrected chi connectivity index (χ0v) is 17.1. The molecule has 0 radical (unpaired) electrons. The van der Waals surface area contributed by atoms with Crippen molar-refractivity contribution in [3.63, 3.8) is 0 Å². The topological polar surface area (TPSA) is 72.5 Å². The first-order valence-corrected chi connectivity index (χ1v) is 10.4. The molecule has 0 saturated heterocycles.